The maximum absolute atomic E-state index is 11.6. The molecule has 0 rings (SSSR count). The Balaban J connectivity index is 3.40. The molecule has 0 aliphatic carbocycles. The summed E-state index contributed by atoms with van der Waals surface area (Å²) < 4.78 is 20.9. The summed E-state index contributed by atoms with van der Waals surface area (Å²) in [5.41, 5.74) is -0.488. The second-order valence-electron chi connectivity index (χ2n) is 5.46. The van der Waals surface area contributed by atoms with E-state index in [1.54, 1.807) is 7.05 Å². The summed E-state index contributed by atoms with van der Waals surface area (Å²) in [6.07, 6.45) is -0.358. The van der Waals surface area contributed by atoms with Crippen molar-refractivity contribution in [2.45, 2.75) is 26.4 Å². The molecule has 21 heavy (non-hydrogen) atoms. The van der Waals surface area contributed by atoms with Crippen molar-refractivity contribution in [2.75, 3.05) is 59.8 Å². The maximum Gasteiger partial charge on any atom is 0.410 e. The lowest BCUT2D eigenvalue weighted by atomic mass is 10.2. The summed E-state index contributed by atoms with van der Waals surface area (Å²) in [6, 6.07) is 0. The van der Waals surface area contributed by atoms with Crippen LogP contribution >= 0.6 is 0 Å². The molecule has 0 bridgehead atoms. The zero-order valence-corrected chi connectivity index (χ0v) is 13.6. The number of rotatable bonds is 11. The van der Waals surface area contributed by atoms with E-state index in [2.05, 4.69) is 0 Å². The number of carbonyl (C=O) groups excluding carboxylic acids is 1. The molecule has 0 radical (unpaired) electrons. The Morgan fingerprint density at radius 1 is 0.952 bits per heavy atom. The van der Waals surface area contributed by atoms with E-state index in [0.717, 1.165) is 0 Å². The quantitative estimate of drug-likeness (QED) is 0.571. The smallest absolute Gasteiger partial charge is 0.410 e. The number of aliphatic hydroxyl groups excluding tert-OH is 1. The molecular formula is C14H29NO6. The lowest BCUT2D eigenvalue weighted by Crippen LogP contribution is -2.36. The van der Waals surface area contributed by atoms with Gasteiger partial charge in [-0.2, -0.15) is 0 Å². The van der Waals surface area contributed by atoms with E-state index in [-0.39, 0.29) is 12.7 Å². The predicted molar refractivity (Wildman–Crippen MR) is 78.4 cm³/mol. The zero-order chi connectivity index (χ0) is 16.1. The van der Waals surface area contributed by atoms with Crippen LogP contribution in [0.3, 0.4) is 0 Å². The first-order chi connectivity index (χ1) is 9.87. The fourth-order valence-corrected chi connectivity index (χ4v) is 1.24. The fourth-order valence-electron chi connectivity index (χ4n) is 1.24. The Morgan fingerprint density at radius 3 is 1.90 bits per heavy atom. The van der Waals surface area contributed by atoms with E-state index in [9.17, 15) is 4.79 Å². The maximum atomic E-state index is 11.6. The van der Waals surface area contributed by atoms with Gasteiger partial charge in [0.15, 0.2) is 0 Å². The van der Waals surface area contributed by atoms with E-state index in [1.165, 1.54) is 4.90 Å². The molecule has 0 unspecified atom stereocenters. The van der Waals surface area contributed by atoms with Gasteiger partial charge in [0.05, 0.1) is 46.2 Å². The van der Waals surface area contributed by atoms with Crippen molar-refractivity contribution in [3.63, 3.8) is 0 Å². The van der Waals surface area contributed by atoms with Crippen LogP contribution in [0.15, 0.2) is 0 Å². The number of likely N-dealkylation sites (N-methyl/N-ethyl adjacent to an activating group) is 1. The fraction of sp³-hybridized carbons (Fsp3) is 0.929. The van der Waals surface area contributed by atoms with Crippen molar-refractivity contribution in [3.05, 3.63) is 0 Å². The summed E-state index contributed by atoms with van der Waals surface area (Å²) in [5, 5.41) is 8.49. The highest BCUT2D eigenvalue weighted by Gasteiger charge is 2.19. The summed E-state index contributed by atoms with van der Waals surface area (Å²) in [5.74, 6) is 0. The zero-order valence-electron chi connectivity index (χ0n) is 13.6. The Hall–Kier alpha value is -0.890. The SMILES string of the molecule is CN(CCOCCOCCOCCO)C(=O)OC(C)(C)C. The normalized spacial score (nSPS) is 11.5. The van der Waals surface area contributed by atoms with E-state index in [4.69, 9.17) is 24.1 Å². The van der Waals surface area contributed by atoms with Gasteiger partial charge in [-0.1, -0.05) is 0 Å². The molecule has 1 amide bonds. The standard InChI is InChI=1S/C14H29NO6/c1-14(2,3)21-13(17)15(4)5-7-18-9-11-20-12-10-19-8-6-16/h16H,5-12H2,1-4H3. The Labute approximate surface area is 127 Å². The monoisotopic (exact) mass is 307 g/mol. The molecule has 0 saturated carbocycles. The van der Waals surface area contributed by atoms with Gasteiger partial charge in [0.2, 0.25) is 0 Å². The van der Waals surface area contributed by atoms with Gasteiger partial charge in [-0.15, -0.1) is 0 Å². The number of hydrogen-bond donors (Lipinski definition) is 1. The molecule has 0 fully saturated rings. The van der Waals surface area contributed by atoms with Gasteiger partial charge in [-0.25, -0.2) is 4.79 Å². The second-order valence-corrected chi connectivity index (χ2v) is 5.46. The van der Waals surface area contributed by atoms with Crippen LogP contribution in [0.1, 0.15) is 20.8 Å². The van der Waals surface area contributed by atoms with Crippen molar-refractivity contribution in [2.24, 2.45) is 0 Å². The Bertz CT molecular complexity index is 267. The van der Waals surface area contributed by atoms with Gasteiger partial charge in [-0.3, -0.25) is 0 Å². The van der Waals surface area contributed by atoms with Gasteiger partial charge in [0.25, 0.3) is 0 Å². The highest BCUT2D eigenvalue weighted by molar-refractivity contribution is 5.67. The molecular weight excluding hydrogens is 278 g/mol. The van der Waals surface area contributed by atoms with Crippen molar-refractivity contribution < 1.29 is 28.8 Å². The molecule has 1 N–H and O–H groups in total. The van der Waals surface area contributed by atoms with Crippen LogP contribution in [0.5, 0.6) is 0 Å². The summed E-state index contributed by atoms with van der Waals surface area (Å²) in [6.45, 7) is 8.61. The van der Waals surface area contributed by atoms with Crippen LogP contribution in [0.2, 0.25) is 0 Å². The van der Waals surface area contributed by atoms with Crippen molar-refractivity contribution in [1.82, 2.24) is 4.90 Å². The molecule has 0 saturated heterocycles. The van der Waals surface area contributed by atoms with Gasteiger partial charge < -0.3 is 29.0 Å². The molecule has 0 heterocycles. The minimum Gasteiger partial charge on any atom is -0.444 e. The van der Waals surface area contributed by atoms with Gasteiger partial charge in [-0.05, 0) is 20.8 Å². The van der Waals surface area contributed by atoms with Crippen molar-refractivity contribution in [1.29, 1.82) is 0 Å². The first-order valence-corrected chi connectivity index (χ1v) is 7.15. The van der Waals surface area contributed by atoms with Gasteiger partial charge in [0, 0.05) is 13.6 Å². The number of ether oxygens (including phenoxy) is 4. The summed E-state index contributed by atoms with van der Waals surface area (Å²) in [4.78, 5) is 13.1. The minimum atomic E-state index is -0.488. The van der Waals surface area contributed by atoms with Crippen LogP contribution in [-0.4, -0.2) is 81.5 Å². The molecule has 0 atom stereocenters. The summed E-state index contributed by atoms with van der Waals surface area (Å²) >= 11 is 0. The van der Waals surface area contributed by atoms with E-state index in [0.29, 0.717) is 46.2 Å². The third-order valence-corrected chi connectivity index (χ3v) is 2.26. The largest absolute Gasteiger partial charge is 0.444 e. The lowest BCUT2D eigenvalue weighted by molar-refractivity contribution is 0.000903. The van der Waals surface area contributed by atoms with E-state index in [1.807, 2.05) is 20.8 Å². The topological polar surface area (TPSA) is 77.5 Å². The third kappa shape index (κ3) is 13.8. The Morgan fingerprint density at radius 2 is 1.43 bits per heavy atom. The molecule has 0 aromatic carbocycles. The number of hydrogen-bond acceptors (Lipinski definition) is 6. The molecule has 7 nitrogen and oxygen atoms in total. The Kier molecular flexibility index (Phi) is 11.2. The molecule has 126 valence electrons. The van der Waals surface area contributed by atoms with Crippen molar-refractivity contribution >= 4 is 6.09 Å². The number of aliphatic hydroxyl groups is 1. The number of amides is 1. The minimum absolute atomic E-state index is 0.0221. The van der Waals surface area contributed by atoms with Crippen LogP contribution in [-0.2, 0) is 18.9 Å². The summed E-state index contributed by atoms with van der Waals surface area (Å²) in [7, 11) is 1.67. The molecule has 0 spiro atoms. The molecule has 0 aromatic heterocycles. The van der Waals surface area contributed by atoms with Crippen LogP contribution in [0, 0.1) is 0 Å². The highest BCUT2D eigenvalue weighted by Crippen LogP contribution is 2.08. The van der Waals surface area contributed by atoms with Gasteiger partial charge >= 0.3 is 6.09 Å². The van der Waals surface area contributed by atoms with Crippen LogP contribution in [0.25, 0.3) is 0 Å². The van der Waals surface area contributed by atoms with Gasteiger partial charge in [0.1, 0.15) is 5.60 Å². The average molecular weight is 307 g/mol. The highest BCUT2D eigenvalue weighted by atomic mass is 16.6. The predicted octanol–water partition coefficient (Wildman–Crippen LogP) is 0.895. The number of nitrogens with zero attached hydrogens (tertiary/aromatic N) is 1. The second kappa shape index (κ2) is 11.7. The first-order valence-electron chi connectivity index (χ1n) is 7.15. The lowest BCUT2D eigenvalue weighted by Gasteiger charge is -2.24. The van der Waals surface area contributed by atoms with Crippen molar-refractivity contribution in [3.8, 4) is 0 Å². The van der Waals surface area contributed by atoms with Crippen LogP contribution < -0.4 is 0 Å². The number of carbonyl (C=O) groups is 1. The molecule has 7 heteroatoms. The third-order valence-electron chi connectivity index (χ3n) is 2.26. The average Bonchev–Trinajstić information content (AvgIpc) is 2.38. The van der Waals surface area contributed by atoms with E-state index < -0.39 is 5.60 Å². The van der Waals surface area contributed by atoms with Crippen LogP contribution in [0.4, 0.5) is 4.79 Å². The van der Waals surface area contributed by atoms with E-state index >= 15 is 0 Å². The molecule has 0 aliphatic heterocycles. The first kappa shape index (κ1) is 20.1. The molecule has 0 aromatic rings. The molecule has 0 aliphatic rings.